The van der Waals surface area contributed by atoms with Crippen molar-refractivity contribution in [1.29, 1.82) is 0 Å². The molecule has 2 aliphatic heterocycles. The molecular formula is C22H30N6O2. The summed E-state index contributed by atoms with van der Waals surface area (Å²) in [5.74, 6) is 1.43. The van der Waals surface area contributed by atoms with Crippen LogP contribution in [0.1, 0.15) is 38.0 Å². The Morgan fingerprint density at radius 3 is 2.90 bits per heavy atom. The largest absolute Gasteiger partial charge is 0.384 e. The first-order chi connectivity index (χ1) is 14.6. The molecule has 2 N–H and O–H groups in total. The first kappa shape index (κ1) is 20.7. The molecule has 0 aromatic carbocycles. The quantitative estimate of drug-likeness (QED) is 0.806. The summed E-state index contributed by atoms with van der Waals surface area (Å²) in [6.45, 7) is 6.95. The van der Waals surface area contributed by atoms with Crippen molar-refractivity contribution in [2.24, 2.45) is 5.92 Å². The molecule has 8 nitrogen and oxygen atoms in total. The van der Waals surface area contributed by atoms with Crippen molar-refractivity contribution in [3.8, 4) is 11.1 Å². The summed E-state index contributed by atoms with van der Waals surface area (Å²) in [7, 11) is 0. The molecule has 2 aromatic rings. The number of carbonyl (C=O) groups excluding carboxylic acids is 1. The van der Waals surface area contributed by atoms with Crippen LogP contribution in [-0.2, 0) is 9.53 Å². The molecule has 2 saturated heterocycles. The third-order valence-electron chi connectivity index (χ3n) is 6.08. The topological polar surface area (TPSA) is 97.5 Å². The molecule has 2 aliphatic rings. The van der Waals surface area contributed by atoms with Crippen LogP contribution in [0.2, 0.25) is 0 Å². The van der Waals surface area contributed by atoms with Gasteiger partial charge in [0.2, 0.25) is 5.91 Å². The molecule has 0 bridgehead atoms. The van der Waals surface area contributed by atoms with E-state index in [-0.39, 0.29) is 12.0 Å². The molecule has 0 aliphatic carbocycles. The Hall–Kier alpha value is -2.58. The van der Waals surface area contributed by atoms with Crippen LogP contribution in [0, 0.1) is 5.92 Å². The molecule has 160 valence electrons. The number of nitrogens with two attached hydrogens (primary N) is 1. The predicted molar refractivity (Wildman–Crippen MR) is 114 cm³/mol. The van der Waals surface area contributed by atoms with E-state index < -0.39 is 0 Å². The van der Waals surface area contributed by atoms with Gasteiger partial charge in [-0.15, -0.1) is 0 Å². The number of hydrogen-bond acceptors (Lipinski definition) is 7. The van der Waals surface area contributed by atoms with Crippen molar-refractivity contribution >= 4 is 11.7 Å². The smallest absolute Gasteiger partial charge is 0.224 e. The average Bonchev–Trinajstić information content (AvgIpc) is 2.78. The minimum atomic E-state index is -0.286. The Labute approximate surface area is 177 Å². The fraction of sp³-hybridized carbons (Fsp3) is 0.545. The van der Waals surface area contributed by atoms with Crippen LogP contribution in [0.25, 0.3) is 11.1 Å². The summed E-state index contributed by atoms with van der Waals surface area (Å²) in [6.07, 6.45) is 7.67. The van der Waals surface area contributed by atoms with Crippen molar-refractivity contribution in [1.82, 2.24) is 24.8 Å². The molecule has 4 rings (SSSR count). The number of anilines is 1. The van der Waals surface area contributed by atoms with Gasteiger partial charge in [-0.1, -0.05) is 6.92 Å². The summed E-state index contributed by atoms with van der Waals surface area (Å²) in [5, 5.41) is 0. The second kappa shape index (κ2) is 9.49. The number of nitrogen functional groups attached to an aromatic ring is 1. The zero-order valence-electron chi connectivity index (χ0n) is 17.5. The Kier molecular flexibility index (Phi) is 6.54. The number of likely N-dealkylation sites (tertiary alicyclic amines) is 1. The number of piperidine rings is 1. The van der Waals surface area contributed by atoms with Crippen molar-refractivity contribution in [3.63, 3.8) is 0 Å². The van der Waals surface area contributed by atoms with E-state index in [1.165, 1.54) is 19.2 Å². The van der Waals surface area contributed by atoms with Crippen LogP contribution < -0.4 is 5.73 Å². The molecule has 2 aromatic heterocycles. The van der Waals surface area contributed by atoms with Crippen LogP contribution in [0.5, 0.6) is 0 Å². The Balaban J connectivity index is 1.41. The van der Waals surface area contributed by atoms with E-state index in [1.807, 2.05) is 11.0 Å². The van der Waals surface area contributed by atoms with Gasteiger partial charge < -0.3 is 20.3 Å². The fourth-order valence-corrected chi connectivity index (χ4v) is 4.17. The number of aromatic nitrogens is 3. The Morgan fingerprint density at radius 1 is 1.27 bits per heavy atom. The van der Waals surface area contributed by atoms with Crippen LogP contribution in [0.15, 0.2) is 30.9 Å². The second-order valence-corrected chi connectivity index (χ2v) is 8.26. The highest BCUT2D eigenvalue weighted by Gasteiger charge is 2.28. The van der Waals surface area contributed by atoms with E-state index in [0.29, 0.717) is 31.9 Å². The molecule has 1 atom stereocenters. The number of rotatable bonds is 5. The van der Waals surface area contributed by atoms with Crippen molar-refractivity contribution in [2.75, 3.05) is 45.1 Å². The minimum Gasteiger partial charge on any atom is -0.384 e. The maximum absolute atomic E-state index is 12.9. The van der Waals surface area contributed by atoms with Crippen molar-refractivity contribution in [3.05, 3.63) is 36.5 Å². The molecule has 8 heteroatoms. The molecule has 0 unspecified atom stereocenters. The predicted octanol–water partition coefficient (Wildman–Crippen LogP) is 2.14. The standard InChI is InChI=1S/C22H30N6O2/c1-16-3-7-27(8-4-16)9-5-21(29)28-10-11-30-19(14-28)22-18(13-24-15-26-22)17-2-6-25-20(23)12-17/h2,6,12-13,15-16,19H,3-5,7-11,14H2,1H3,(H2,23,25)/t19-/m0/s1. The molecular weight excluding hydrogens is 380 g/mol. The highest BCUT2D eigenvalue weighted by Crippen LogP contribution is 2.30. The van der Waals surface area contributed by atoms with Crippen LogP contribution >= 0.6 is 0 Å². The first-order valence-electron chi connectivity index (χ1n) is 10.7. The third-order valence-corrected chi connectivity index (χ3v) is 6.08. The Bertz CT molecular complexity index is 868. The van der Waals surface area contributed by atoms with E-state index in [0.717, 1.165) is 42.4 Å². The van der Waals surface area contributed by atoms with Gasteiger partial charge in [-0.3, -0.25) is 4.79 Å². The normalized spacial score (nSPS) is 21.0. The number of hydrogen-bond donors (Lipinski definition) is 1. The lowest BCUT2D eigenvalue weighted by molar-refractivity contribution is -0.139. The number of amides is 1. The number of morpholine rings is 1. The van der Waals surface area contributed by atoms with E-state index in [1.54, 1.807) is 18.5 Å². The molecule has 0 saturated carbocycles. The summed E-state index contributed by atoms with van der Waals surface area (Å²) in [5.41, 5.74) is 8.37. The monoisotopic (exact) mass is 410 g/mol. The highest BCUT2D eigenvalue weighted by molar-refractivity contribution is 5.76. The summed E-state index contributed by atoms with van der Waals surface area (Å²) < 4.78 is 6.00. The van der Waals surface area contributed by atoms with Crippen LogP contribution in [0.3, 0.4) is 0 Å². The maximum atomic E-state index is 12.9. The molecule has 1 amide bonds. The first-order valence-corrected chi connectivity index (χ1v) is 10.7. The number of pyridine rings is 1. The molecule has 0 spiro atoms. The van der Waals surface area contributed by atoms with Gasteiger partial charge in [-0.25, -0.2) is 15.0 Å². The van der Waals surface area contributed by atoms with Crippen molar-refractivity contribution < 1.29 is 9.53 Å². The highest BCUT2D eigenvalue weighted by atomic mass is 16.5. The summed E-state index contributed by atoms with van der Waals surface area (Å²) in [4.78, 5) is 29.9. The van der Waals surface area contributed by atoms with Gasteiger partial charge in [0.15, 0.2) is 0 Å². The van der Waals surface area contributed by atoms with Crippen molar-refractivity contribution in [2.45, 2.75) is 32.3 Å². The molecule has 0 radical (unpaired) electrons. The second-order valence-electron chi connectivity index (χ2n) is 8.26. The minimum absolute atomic E-state index is 0.186. The number of carbonyl (C=O) groups is 1. The van der Waals surface area contributed by atoms with E-state index >= 15 is 0 Å². The molecule has 4 heterocycles. The lowest BCUT2D eigenvalue weighted by atomic mass is 9.99. The van der Waals surface area contributed by atoms with Gasteiger partial charge in [0.05, 0.1) is 18.8 Å². The maximum Gasteiger partial charge on any atom is 0.224 e. The van der Waals surface area contributed by atoms with Gasteiger partial charge in [-0.2, -0.15) is 0 Å². The SMILES string of the molecule is CC1CCN(CCC(=O)N2CCO[C@H](c3ncncc3-c3ccnc(N)c3)C2)CC1. The lowest BCUT2D eigenvalue weighted by Crippen LogP contribution is -2.44. The van der Waals surface area contributed by atoms with Crippen LogP contribution in [-0.4, -0.2) is 70.0 Å². The van der Waals surface area contributed by atoms with E-state index in [2.05, 4.69) is 26.8 Å². The zero-order chi connectivity index (χ0) is 20.9. The Morgan fingerprint density at radius 2 is 2.10 bits per heavy atom. The molecule has 30 heavy (non-hydrogen) atoms. The van der Waals surface area contributed by atoms with E-state index in [4.69, 9.17) is 10.5 Å². The fourth-order valence-electron chi connectivity index (χ4n) is 4.17. The van der Waals surface area contributed by atoms with E-state index in [9.17, 15) is 4.79 Å². The number of ether oxygens (including phenoxy) is 1. The van der Waals surface area contributed by atoms with Gasteiger partial charge in [0, 0.05) is 37.5 Å². The van der Waals surface area contributed by atoms with Gasteiger partial charge >= 0.3 is 0 Å². The van der Waals surface area contributed by atoms with Gasteiger partial charge in [0.25, 0.3) is 0 Å². The van der Waals surface area contributed by atoms with Gasteiger partial charge in [0.1, 0.15) is 18.2 Å². The summed E-state index contributed by atoms with van der Waals surface area (Å²) in [6, 6.07) is 3.68. The average molecular weight is 411 g/mol. The number of nitrogens with zero attached hydrogens (tertiary/aromatic N) is 5. The summed E-state index contributed by atoms with van der Waals surface area (Å²) >= 11 is 0. The third kappa shape index (κ3) is 4.94. The van der Waals surface area contributed by atoms with Crippen LogP contribution in [0.4, 0.5) is 5.82 Å². The lowest BCUT2D eigenvalue weighted by Gasteiger charge is -2.34. The molecule has 2 fully saturated rings. The van der Waals surface area contributed by atoms with Gasteiger partial charge in [-0.05, 0) is 49.5 Å². The zero-order valence-corrected chi connectivity index (χ0v) is 17.5.